The molecule has 0 atom stereocenters. The minimum atomic E-state index is -0.324. The third-order valence-electron chi connectivity index (χ3n) is 5.15. The van der Waals surface area contributed by atoms with Crippen LogP contribution in [0.5, 0.6) is 0 Å². The number of urea groups is 1. The van der Waals surface area contributed by atoms with Crippen LogP contribution in [0.25, 0.3) is 0 Å². The van der Waals surface area contributed by atoms with Crippen molar-refractivity contribution < 1.29 is 14.4 Å². The molecule has 1 saturated carbocycles. The maximum absolute atomic E-state index is 12.2. The van der Waals surface area contributed by atoms with E-state index in [1.165, 1.54) is 0 Å². The van der Waals surface area contributed by atoms with Crippen LogP contribution in [0.1, 0.15) is 41.6 Å². The van der Waals surface area contributed by atoms with Crippen LogP contribution >= 0.6 is 0 Å². The van der Waals surface area contributed by atoms with Crippen LogP contribution in [0.3, 0.4) is 0 Å². The smallest absolute Gasteiger partial charge is 0.319 e. The molecule has 4 amide bonds. The Morgan fingerprint density at radius 2 is 1.37 bits per heavy atom. The minimum Gasteiger partial charge on any atom is -0.350 e. The molecule has 3 rings (SSSR count). The van der Waals surface area contributed by atoms with Gasteiger partial charge in [0, 0.05) is 35.9 Å². The molecule has 0 saturated heterocycles. The van der Waals surface area contributed by atoms with E-state index >= 15 is 0 Å². The van der Waals surface area contributed by atoms with Gasteiger partial charge in [-0.25, -0.2) is 4.79 Å². The molecule has 0 aliphatic heterocycles. The van der Waals surface area contributed by atoms with Gasteiger partial charge in [0.2, 0.25) is 5.91 Å². The zero-order valence-corrected chi connectivity index (χ0v) is 17.2. The minimum absolute atomic E-state index is 0.0553. The van der Waals surface area contributed by atoms with E-state index in [1.54, 1.807) is 24.3 Å². The second-order valence-electron chi connectivity index (χ2n) is 7.55. The van der Waals surface area contributed by atoms with Crippen molar-refractivity contribution in [1.82, 2.24) is 10.6 Å². The van der Waals surface area contributed by atoms with E-state index < -0.39 is 0 Å². The van der Waals surface area contributed by atoms with Crippen LogP contribution in [-0.4, -0.2) is 30.9 Å². The number of rotatable bonds is 7. The largest absolute Gasteiger partial charge is 0.350 e. The summed E-state index contributed by atoms with van der Waals surface area (Å²) in [4.78, 5) is 36.3. The van der Waals surface area contributed by atoms with Gasteiger partial charge in [0.25, 0.3) is 5.91 Å². The van der Waals surface area contributed by atoms with E-state index in [0.29, 0.717) is 30.0 Å². The number of carbonyl (C=O) groups excluding carboxylic acids is 3. The molecule has 4 N–H and O–H groups in total. The van der Waals surface area contributed by atoms with Gasteiger partial charge in [-0.2, -0.15) is 0 Å². The highest BCUT2D eigenvalue weighted by molar-refractivity contribution is 5.96. The van der Waals surface area contributed by atoms with Crippen molar-refractivity contribution in [2.24, 2.45) is 5.92 Å². The quantitative estimate of drug-likeness (QED) is 0.526. The normalized spacial score (nSPS) is 13.5. The van der Waals surface area contributed by atoms with Crippen LogP contribution in [0.4, 0.5) is 16.2 Å². The molecule has 30 heavy (non-hydrogen) atoms. The highest BCUT2D eigenvalue weighted by Gasteiger charge is 2.22. The summed E-state index contributed by atoms with van der Waals surface area (Å²) in [6.07, 6.45) is 4.12. The fourth-order valence-electron chi connectivity index (χ4n) is 3.40. The van der Waals surface area contributed by atoms with Crippen molar-refractivity contribution >= 4 is 29.2 Å². The van der Waals surface area contributed by atoms with Gasteiger partial charge in [0.1, 0.15) is 0 Å². The molecule has 0 radical (unpaired) electrons. The van der Waals surface area contributed by atoms with Gasteiger partial charge >= 0.3 is 6.03 Å². The first kappa shape index (κ1) is 21.4. The lowest BCUT2D eigenvalue weighted by atomic mass is 10.1. The molecule has 0 aromatic heterocycles. The Morgan fingerprint density at radius 1 is 0.800 bits per heavy atom. The first-order valence-electron chi connectivity index (χ1n) is 10.3. The number of anilines is 2. The first-order chi connectivity index (χ1) is 14.5. The Bertz CT molecular complexity index is 872. The van der Waals surface area contributed by atoms with Crippen LogP contribution in [-0.2, 0) is 4.79 Å². The van der Waals surface area contributed by atoms with Crippen molar-refractivity contribution in [2.75, 3.05) is 23.7 Å². The second kappa shape index (κ2) is 10.4. The number of carbonyl (C=O) groups is 3. The summed E-state index contributed by atoms with van der Waals surface area (Å²) in [5.41, 5.74) is 3.02. The van der Waals surface area contributed by atoms with E-state index in [4.69, 9.17) is 0 Å². The van der Waals surface area contributed by atoms with E-state index in [9.17, 15) is 14.4 Å². The number of aryl methyl sites for hydroxylation is 1. The Balaban J connectivity index is 1.36. The Kier molecular flexibility index (Phi) is 7.43. The van der Waals surface area contributed by atoms with E-state index in [2.05, 4.69) is 21.3 Å². The fourth-order valence-corrected chi connectivity index (χ4v) is 3.40. The number of hydrogen-bond acceptors (Lipinski definition) is 3. The third kappa shape index (κ3) is 6.34. The summed E-state index contributed by atoms with van der Waals surface area (Å²) >= 11 is 0. The molecule has 0 heterocycles. The first-order valence-corrected chi connectivity index (χ1v) is 10.3. The molecule has 0 spiro atoms. The molecule has 2 aromatic rings. The van der Waals surface area contributed by atoms with E-state index in [1.807, 2.05) is 31.2 Å². The predicted molar refractivity (Wildman–Crippen MR) is 118 cm³/mol. The zero-order chi connectivity index (χ0) is 21.3. The molecule has 1 aliphatic rings. The predicted octanol–water partition coefficient (Wildman–Crippen LogP) is 3.68. The van der Waals surface area contributed by atoms with Crippen LogP contribution in [0.15, 0.2) is 48.5 Å². The van der Waals surface area contributed by atoms with Gasteiger partial charge in [-0.15, -0.1) is 0 Å². The highest BCUT2D eigenvalue weighted by Crippen LogP contribution is 2.26. The summed E-state index contributed by atoms with van der Waals surface area (Å²) in [5.74, 6) is -0.0761. The molecular formula is C23H28N4O3. The lowest BCUT2D eigenvalue weighted by molar-refractivity contribution is -0.119. The zero-order valence-electron chi connectivity index (χ0n) is 17.2. The monoisotopic (exact) mass is 408 g/mol. The van der Waals surface area contributed by atoms with Gasteiger partial charge in [-0.3, -0.25) is 9.59 Å². The topological polar surface area (TPSA) is 99.3 Å². The molecule has 158 valence electrons. The third-order valence-corrected chi connectivity index (χ3v) is 5.15. The van der Waals surface area contributed by atoms with E-state index in [0.717, 1.165) is 31.2 Å². The number of benzene rings is 2. The highest BCUT2D eigenvalue weighted by atomic mass is 16.2. The Morgan fingerprint density at radius 3 is 2.03 bits per heavy atom. The second-order valence-corrected chi connectivity index (χ2v) is 7.55. The molecule has 1 fully saturated rings. The van der Waals surface area contributed by atoms with Gasteiger partial charge in [0.05, 0.1) is 0 Å². The molecule has 1 aliphatic carbocycles. The molecule has 0 bridgehead atoms. The summed E-state index contributed by atoms with van der Waals surface area (Å²) in [7, 11) is 0. The SMILES string of the molecule is Cc1ccc(NC(=O)NCCNC(=O)c2ccc(NC(=O)C3CCCC3)cc2)cc1. The molecule has 7 heteroatoms. The van der Waals surface area contributed by atoms with Crippen molar-refractivity contribution in [3.8, 4) is 0 Å². The van der Waals surface area contributed by atoms with Crippen LogP contribution < -0.4 is 21.3 Å². The fraction of sp³-hybridized carbons (Fsp3) is 0.348. The molecular weight excluding hydrogens is 380 g/mol. The van der Waals surface area contributed by atoms with E-state index in [-0.39, 0.29) is 23.8 Å². The maximum atomic E-state index is 12.2. The summed E-state index contributed by atoms with van der Waals surface area (Å²) < 4.78 is 0. The Labute approximate surface area is 176 Å². The molecule has 2 aromatic carbocycles. The van der Waals surface area contributed by atoms with Crippen molar-refractivity contribution in [2.45, 2.75) is 32.6 Å². The maximum Gasteiger partial charge on any atom is 0.319 e. The summed E-state index contributed by atoms with van der Waals surface area (Å²) in [6.45, 7) is 2.59. The van der Waals surface area contributed by atoms with Gasteiger partial charge in [0.15, 0.2) is 0 Å². The number of nitrogens with one attached hydrogen (secondary N) is 4. The number of amides is 4. The Hall–Kier alpha value is -3.35. The van der Waals surface area contributed by atoms with Gasteiger partial charge in [-0.05, 0) is 56.2 Å². The number of hydrogen-bond donors (Lipinski definition) is 4. The van der Waals surface area contributed by atoms with Crippen molar-refractivity contribution in [3.63, 3.8) is 0 Å². The lowest BCUT2D eigenvalue weighted by Gasteiger charge is -2.11. The summed E-state index contributed by atoms with van der Waals surface area (Å²) in [6, 6.07) is 14.0. The van der Waals surface area contributed by atoms with Gasteiger partial charge in [-0.1, -0.05) is 30.5 Å². The average Bonchev–Trinajstić information content (AvgIpc) is 3.28. The van der Waals surface area contributed by atoms with Crippen LogP contribution in [0, 0.1) is 12.8 Å². The van der Waals surface area contributed by atoms with Crippen molar-refractivity contribution in [3.05, 3.63) is 59.7 Å². The molecule has 0 unspecified atom stereocenters. The lowest BCUT2D eigenvalue weighted by Crippen LogP contribution is -2.36. The average molecular weight is 409 g/mol. The van der Waals surface area contributed by atoms with Crippen LogP contribution in [0.2, 0.25) is 0 Å². The standard InChI is InChI=1S/C23H28N4O3/c1-16-6-10-20(11-7-16)27-23(30)25-15-14-24-21(28)18-8-12-19(13-9-18)26-22(29)17-4-2-3-5-17/h6-13,17H,2-5,14-15H2,1H3,(H,24,28)(H,26,29)(H2,25,27,30). The molecule has 7 nitrogen and oxygen atoms in total. The summed E-state index contributed by atoms with van der Waals surface area (Å²) in [5, 5.41) is 11.1. The van der Waals surface area contributed by atoms with Crippen molar-refractivity contribution in [1.29, 1.82) is 0 Å². The van der Waals surface area contributed by atoms with Gasteiger partial charge < -0.3 is 21.3 Å².